The molecule has 2 unspecified atom stereocenters. The summed E-state index contributed by atoms with van der Waals surface area (Å²) in [6.45, 7) is 6.35. The smallest absolute Gasteiger partial charge is 0.120 e. The summed E-state index contributed by atoms with van der Waals surface area (Å²) in [7, 11) is 1.72. The topological polar surface area (TPSA) is 26.3 Å². The van der Waals surface area contributed by atoms with Gasteiger partial charge in [0.15, 0.2) is 0 Å². The summed E-state index contributed by atoms with van der Waals surface area (Å²) in [6.07, 6.45) is 2.84. The summed E-state index contributed by atoms with van der Waals surface area (Å²) >= 11 is 0. The highest BCUT2D eigenvalue weighted by atomic mass is 16.5. The van der Waals surface area contributed by atoms with Crippen molar-refractivity contribution in [2.24, 2.45) is 11.8 Å². The molecule has 0 amide bonds. The highest BCUT2D eigenvalue weighted by molar-refractivity contribution is 5.49. The van der Waals surface area contributed by atoms with Crippen LogP contribution in [0.15, 0.2) is 0 Å². The van der Waals surface area contributed by atoms with Gasteiger partial charge in [0.05, 0.1) is 6.10 Å². The Balaban J connectivity index is 4.11. The van der Waals surface area contributed by atoms with E-state index in [-0.39, 0.29) is 6.10 Å². The van der Waals surface area contributed by atoms with Gasteiger partial charge in [-0.15, -0.1) is 0 Å². The molecule has 2 nitrogen and oxygen atoms in total. The van der Waals surface area contributed by atoms with Crippen LogP contribution >= 0.6 is 0 Å². The molecule has 0 saturated heterocycles. The van der Waals surface area contributed by atoms with Gasteiger partial charge in [0.25, 0.3) is 0 Å². The Labute approximate surface area is 75.3 Å². The Morgan fingerprint density at radius 3 is 2.25 bits per heavy atom. The van der Waals surface area contributed by atoms with Crippen molar-refractivity contribution in [1.29, 1.82) is 0 Å². The van der Waals surface area contributed by atoms with Crippen LogP contribution in [-0.4, -0.2) is 19.5 Å². The molecule has 0 radical (unpaired) electrons. The van der Waals surface area contributed by atoms with Crippen molar-refractivity contribution in [2.75, 3.05) is 7.11 Å². The van der Waals surface area contributed by atoms with Crippen molar-refractivity contribution >= 4 is 6.29 Å². The molecule has 0 N–H and O–H groups in total. The standard InChI is InChI=1S/C10H20O2/c1-5-9(6-7-11)10(12-4)8(2)3/h7-10H,5-6H2,1-4H3. The highest BCUT2D eigenvalue weighted by Crippen LogP contribution is 2.21. The van der Waals surface area contributed by atoms with Crippen molar-refractivity contribution in [3.05, 3.63) is 0 Å². The summed E-state index contributed by atoms with van der Waals surface area (Å²) in [5.74, 6) is 0.868. The molecule has 0 fully saturated rings. The molecular weight excluding hydrogens is 152 g/mol. The van der Waals surface area contributed by atoms with Gasteiger partial charge in [-0.1, -0.05) is 27.2 Å². The Bertz CT molecular complexity index is 121. The van der Waals surface area contributed by atoms with Gasteiger partial charge in [-0.2, -0.15) is 0 Å². The average molecular weight is 172 g/mol. The zero-order valence-electron chi connectivity index (χ0n) is 8.54. The predicted molar refractivity (Wildman–Crippen MR) is 50.1 cm³/mol. The number of methoxy groups -OCH3 is 1. The molecule has 0 aromatic rings. The number of rotatable bonds is 6. The lowest BCUT2D eigenvalue weighted by Gasteiger charge is -2.26. The van der Waals surface area contributed by atoms with Crippen LogP contribution in [0.3, 0.4) is 0 Å². The van der Waals surface area contributed by atoms with Gasteiger partial charge < -0.3 is 9.53 Å². The van der Waals surface area contributed by atoms with E-state index in [1.807, 2.05) is 0 Å². The maximum atomic E-state index is 10.4. The van der Waals surface area contributed by atoms with Crippen molar-refractivity contribution < 1.29 is 9.53 Å². The number of hydrogen-bond acceptors (Lipinski definition) is 2. The highest BCUT2D eigenvalue weighted by Gasteiger charge is 2.21. The van der Waals surface area contributed by atoms with Gasteiger partial charge >= 0.3 is 0 Å². The predicted octanol–water partition coefficient (Wildman–Crippen LogP) is 2.27. The van der Waals surface area contributed by atoms with Crippen LogP contribution in [0.5, 0.6) is 0 Å². The Morgan fingerprint density at radius 1 is 1.42 bits per heavy atom. The largest absolute Gasteiger partial charge is 0.381 e. The van der Waals surface area contributed by atoms with Gasteiger partial charge in [0.1, 0.15) is 6.29 Å². The molecule has 0 aliphatic heterocycles. The molecule has 2 heteroatoms. The summed E-state index contributed by atoms with van der Waals surface area (Å²) < 4.78 is 5.36. The molecular formula is C10H20O2. The average Bonchev–Trinajstić information content (AvgIpc) is 2.03. The monoisotopic (exact) mass is 172 g/mol. The lowest BCUT2D eigenvalue weighted by molar-refractivity contribution is -0.110. The fraction of sp³-hybridized carbons (Fsp3) is 0.900. The molecule has 0 aromatic carbocycles. The lowest BCUT2D eigenvalue weighted by atomic mass is 9.89. The van der Waals surface area contributed by atoms with E-state index in [1.165, 1.54) is 0 Å². The molecule has 0 rings (SSSR count). The third-order valence-electron chi connectivity index (χ3n) is 2.32. The number of hydrogen-bond donors (Lipinski definition) is 0. The first kappa shape index (κ1) is 11.6. The van der Waals surface area contributed by atoms with Gasteiger partial charge in [0.2, 0.25) is 0 Å². The van der Waals surface area contributed by atoms with E-state index in [0.29, 0.717) is 18.3 Å². The van der Waals surface area contributed by atoms with Crippen molar-refractivity contribution in [1.82, 2.24) is 0 Å². The zero-order chi connectivity index (χ0) is 9.56. The maximum Gasteiger partial charge on any atom is 0.120 e. The minimum Gasteiger partial charge on any atom is -0.381 e. The Kier molecular flexibility index (Phi) is 5.99. The van der Waals surface area contributed by atoms with Crippen LogP contribution in [0.4, 0.5) is 0 Å². The molecule has 0 spiro atoms. The van der Waals surface area contributed by atoms with Crippen molar-refractivity contribution in [3.8, 4) is 0 Å². The minimum absolute atomic E-state index is 0.222. The first-order chi connectivity index (χ1) is 5.67. The SMILES string of the molecule is CCC(CC=O)C(OC)C(C)C. The van der Waals surface area contributed by atoms with E-state index in [4.69, 9.17) is 4.74 Å². The molecule has 0 heterocycles. The van der Waals surface area contributed by atoms with E-state index in [0.717, 1.165) is 12.7 Å². The molecule has 0 bridgehead atoms. The molecule has 2 atom stereocenters. The summed E-state index contributed by atoms with van der Waals surface area (Å²) in [4.78, 5) is 10.4. The summed E-state index contributed by atoms with van der Waals surface area (Å²) in [5, 5.41) is 0. The zero-order valence-corrected chi connectivity index (χ0v) is 8.54. The minimum atomic E-state index is 0.222. The van der Waals surface area contributed by atoms with Crippen LogP contribution in [0.25, 0.3) is 0 Å². The quantitative estimate of drug-likeness (QED) is 0.574. The molecule has 0 aliphatic carbocycles. The molecule has 0 aliphatic rings. The fourth-order valence-electron chi connectivity index (χ4n) is 1.67. The lowest BCUT2D eigenvalue weighted by Crippen LogP contribution is -2.28. The van der Waals surface area contributed by atoms with E-state index < -0.39 is 0 Å². The third kappa shape index (κ3) is 3.35. The number of carbonyl (C=O) groups excluding carboxylic acids is 1. The normalized spacial score (nSPS) is 16.1. The number of ether oxygens (including phenoxy) is 1. The number of carbonyl (C=O) groups is 1. The van der Waals surface area contributed by atoms with Crippen LogP contribution < -0.4 is 0 Å². The molecule has 72 valence electrons. The van der Waals surface area contributed by atoms with Gasteiger partial charge in [-0.25, -0.2) is 0 Å². The van der Waals surface area contributed by atoms with Crippen molar-refractivity contribution in [2.45, 2.75) is 39.7 Å². The molecule has 12 heavy (non-hydrogen) atoms. The van der Waals surface area contributed by atoms with Crippen LogP contribution in [0.1, 0.15) is 33.6 Å². The van der Waals surface area contributed by atoms with Gasteiger partial charge in [-0.05, 0) is 11.8 Å². The van der Waals surface area contributed by atoms with Crippen LogP contribution in [0.2, 0.25) is 0 Å². The fourth-order valence-corrected chi connectivity index (χ4v) is 1.67. The van der Waals surface area contributed by atoms with E-state index in [9.17, 15) is 4.79 Å². The van der Waals surface area contributed by atoms with Gasteiger partial charge in [-0.3, -0.25) is 0 Å². The second-order valence-corrected chi connectivity index (χ2v) is 3.52. The third-order valence-corrected chi connectivity index (χ3v) is 2.32. The van der Waals surface area contributed by atoms with Crippen LogP contribution in [-0.2, 0) is 9.53 Å². The molecule has 0 aromatic heterocycles. The Hall–Kier alpha value is -0.370. The second kappa shape index (κ2) is 6.18. The van der Waals surface area contributed by atoms with Crippen molar-refractivity contribution in [3.63, 3.8) is 0 Å². The second-order valence-electron chi connectivity index (χ2n) is 3.52. The first-order valence-corrected chi connectivity index (χ1v) is 4.63. The summed E-state index contributed by atoms with van der Waals surface area (Å²) in [6, 6.07) is 0. The van der Waals surface area contributed by atoms with Gasteiger partial charge in [0, 0.05) is 13.5 Å². The van der Waals surface area contributed by atoms with Crippen LogP contribution in [0, 0.1) is 11.8 Å². The Morgan fingerprint density at radius 2 is 2.00 bits per heavy atom. The molecule has 0 saturated carbocycles. The first-order valence-electron chi connectivity index (χ1n) is 4.63. The van der Waals surface area contributed by atoms with E-state index in [2.05, 4.69) is 20.8 Å². The maximum absolute atomic E-state index is 10.4. The van der Waals surface area contributed by atoms with E-state index >= 15 is 0 Å². The van der Waals surface area contributed by atoms with E-state index in [1.54, 1.807) is 7.11 Å². The summed E-state index contributed by atoms with van der Waals surface area (Å²) in [5.41, 5.74) is 0. The number of aldehydes is 1.